The number of carbonyl (C=O) groups is 4. The van der Waals surface area contributed by atoms with Gasteiger partial charge in [-0.1, -0.05) is 29.8 Å². The highest BCUT2D eigenvalue weighted by molar-refractivity contribution is 7.89. The predicted molar refractivity (Wildman–Crippen MR) is 122 cm³/mol. The van der Waals surface area contributed by atoms with Crippen molar-refractivity contribution in [2.24, 2.45) is 5.14 Å². The summed E-state index contributed by atoms with van der Waals surface area (Å²) in [5.41, 5.74) is 0.896. The molecule has 0 spiro atoms. The summed E-state index contributed by atoms with van der Waals surface area (Å²) in [4.78, 5) is 51.4. The highest BCUT2D eigenvalue weighted by atomic mass is 35.5. The number of benzene rings is 2. The van der Waals surface area contributed by atoms with E-state index >= 15 is 0 Å². The summed E-state index contributed by atoms with van der Waals surface area (Å²) < 4.78 is 22.8. The molecular formula is C22H20ClN3O7S. The van der Waals surface area contributed by atoms with Crippen LogP contribution in [0.1, 0.15) is 12.0 Å². The minimum Gasteiger partial charge on any atom is -0.478 e. The quantitative estimate of drug-likeness (QED) is 0.405. The summed E-state index contributed by atoms with van der Waals surface area (Å²) >= 11 is 5.97. The number of carboxylic acids is 1. The molecule has 2 aromatic rings. The van der Waals surface area contributed by atoms with Gasteiger partial charge in [-0.15, -0.1) is 0 Å². The van der Waals surface area contributed by atoms with E-state index in [0.29, 0.717) is 16.7 Å². The van der Waals surface area contributed by atoms with E-state index in [1.54, 1.807) is 12.1 Å². The lowest BCUT2D eigenvalue weighted by molar-refractivity contribution is -0.135. The topological polar surface area (TPSA) is 155 Å². The number of hydrogen-bond donors (Lipinski definition) is 2. The number of nitrogens with two attached hydrogens (primary N) is 1. The molecule has 1 aliphatic rings. The Morgan fingerprint density at radius 2 is 1.82 bits per heavy atom. The zero-order valence-electron chi connectivity index (χ0n) is 17.6. The molecular weight excluding hydrogens is 486 g/mol. The Morgan fingerprint density at radius 1 is 1.15 bits per heavy atom. The summed E-state index contributed by atoms with van der Waals surface area (Å²) in [6, 6.07) is 10.6. The fourth-order valence-corrected chi connectivity index (χ4v) is 4.20. The van der Waals surface area contributed by atoms with Crippen molar-refractivity contribution in [2.45, 2.75) is 23.8 Å². The van der Waals surface area contributed by atoms with Crippen molar-refractivity contribution in [2.75, 3.05) is 11.4 Å². The van der Waals surface area contributed by atoms with Crippen LogP contribution in [0.4, 0.5) is 5.69 Å². The number of primary sulfonamides is 1. The molecule has 1 aliphatic heterocycles. The highest BCUT2D eigenvalue weighted by Gasteiger charge is 2.44. The van der Waals surface area contributed by atoms with Crippen LogP contribution < -0.4 is 10.0 Å². The van der Waals surface area contributed by atoms with E-state index in [1.165, 1.54) is 36.4 Å². The maximum absolute atomic E-state index is 13.1. The lowest BCUT2D eigenvalue weighted by Crippen LogP contribution is -2.46. The number of carboxylic acid groups (broad SMARTS) is 1. The molecule has 0 radical (unpaired) electrons. The van der Waals surface area contributed by atoms with Crippen LogP contribution in [0.5, 0.6) is 0 Å². The van der Waals surface area contributed by atoms with Crippen LogP contribution >= 0.6 is 11.6 Å². The van der Waals surface area contributed by atoms with E-state index in [9.17, 15) is 27.6 Å². The van der Waals surface area contributed by atoms with Crippen LogP contribution in [-0.4, -0.2) is 54.7 Å². The summed E-state index contributed by atoms with van der Waals surface area (Å²) in [6.07, 6.45) is 1.37. The van der Waals surface area contributed by atoms with Crippen molar-refractivity contribution < 1.29 is 32.7 Å². The molecule has 0 saturated carbocycles. The first-order valence-electron chi connectivity index (χ1n) is 9.93. The molecule has 1 heterocycles. The average Bonchev–Trinajstić information content (AvgIpc) is 3.05. The van der Waals surface area contributed by atoms with Gasteiger partial charge in [-0.2, -0.15) is 0 Å². The number of imide groups is 1. The van der Waals surface area contributed by atoms with Gasteiger partial charge in [0.15, 0.2) is 0 Å². The molecule has 34 heavy (non-hydrogen) atoms. The van der Waals surface area contributed by atoms with Gasteiger partial charge < -0.3 is 10.0 Å². The Morgan fingerprint density at radius 3 is 2.41 bits per heavy atom. The minimum absolute atomic E-state index is 0.0371. The highest BCUT2D eigenvalue weighted by Crippen LogP contribution is 2.28. The standard InChI is InChI=1S/C22H20ClN3O7S/c23-15-2-1-3-16(12-15)26-20(28)13-18(22(26)31)25(19(27)8-9-21(29)30)11-10-14-4-6-17(7-5-14)34(24,32)33/h1-9,12,18H,10-11,13H2,(H,29,30)(H2,24,32,33). The molecule has 1 unspecified atom stereocenters. The maximum Gasteiger partial charge on any atom is 0.328 e. The number of amides is 3. The van der Waals surface area contributed by atoms with Crippen molar-refractivity contribution in [3.8, 4) is 0 Å². The van der Waals surface area contributed by atoms with Crippen molar-refractivity contribution in [3.63, 3.8) is 0 Å². The maximum atomic E-state index is 13.1. The van der Waals surface area contributed by atoms with Gasteiger partial charge in [0.2, 0.25) is 21.8 Å². The summed E-state index contributed by atoms with van der Waals surface area (Å²) in [7, 11) is -3.87. The Kier molecular flexibility index (Phi) is 7.50. The summed E-state index contributed by atoms with van der Waals surface area (Å²) in [5, 5.41) is 14.3. The number of aliphatic carboxylic acids is 1. The van der Waals surface area contributed by atoms with E-state index in [1.807, 2.05) is 0 Å². The SMILES string of the molecule is NS(=O)(=O)c1ccc(CCN(C(=O)C=CC(=O)O)C2CC(=O)N(c3cccc(Cl)c3)C2=O)cc1. The second-order valence-electron chi connectivity index (χ2n) is 7.41. The van der Waals surface area contributed by atoms with Crippen LogP contribution in [0.25, 0.3) is 0 Å². The molecule has 2 aromatic carbocycles. The number of anilines is 1. The zero-order valence-corrected chi connectivity index (χ0v) is 19.2. The van der Waals surface area contributed by atoms with Gasteiger partial charge in [0.05, 0.1) is 17.0 Å². The molecule has 3 rings (SSSR count). The van der Waals surface area contributed by atoms with Crippen LogP contribution in [0, 0.1) is 0 Å². The third-order valence-corrected chi connectivity index (χ3v) is 6.27. The molecule has 0 bridgehead atoms. The molecule has 12 heteroatoms. The number of carbonyl (C=O) groups excluding carboxylic acids is 3. The molecule has 3 amide bonds. The predicted octanol–water partition coefficient (Wildman–Crippen LogP) is 1.33. The summed E-state index contributed by atoms with van der Waals surface area (Å²) in [6.45, 7) is -0.0371. The molecule has 1 saturated heterocycles. The molecule has 1 fully saturated rings. The van der Waals surface area contributed by atoms with Gasteiger partial charge in [0, 0.05) is 23.7 Å². The third-order valence-electron chi connectivity index (χ3n) is 5.11. The first-order valence-corrected chi connectivity index (χ1v) is 11.9. The Bertz CT molecular complexity index is 1280. The van der Waals surface area contributed by atoms with Crippen molar-refractivity contribution >= 4 is 51.0 Å². The van der Waals surface area contributed by atoms with Crippen LogP contribution in [0.3, 0.4) is 0 Å². The lowest BCUT2D eigenvalue weighted by atomic mass is 10.1. The number of halogens is 1. The van der Waals surface area contributed by atoms with E-state index in [-0.39, 0.29) is 30.0 Å². The summed E-state index contributed by atoms with van der Waals surface area (Å²) in [5.74, 6) is -3.28. The number of sulfonamides is 1. The Labute approximate surface area is 200 Å². The first kappa shape index (κ1) is 25.1. The van der Waals surface area contributed by atoms with Crippen molar-refractivity contribution in [1.29, 1.82) is 0 Å². The zero-order chi connectivity index (χ0) is 25.0. The van der Waals surface area contributed by atoms with Crippen LogP contribution in [0.15, 0.2) is 65.6 Å². The molecule has 0 aliphatic carbocycles. The van der Waals surface area contributed by atoms with Crippen LogP contribution in [0.2, 0.25) is 5.02 Å². The van der Waals surface area contributed by atoms with E-state index < -0.39 is 39.8 Å². The largest absolute Gasteiger partial charge is 0.478 e. The second-order valence-corrected chi connectivity index (χ2v) is 9.41. The van der Waals surface area contributed by atoms with Gasteiger partial charge in [-0.05, 0) is 42.3 Å². The van der Waals surface area contributed by atoms with Gasteiger partial charge in [-0.25, -0.2) is 23.3 Å². The second kappa shape index (κ2) is 10.2. The number of nitrogens with zero attached hydrogens (tertiary/aromatic N) is 2. The van der Waals surface area contributed by atoms with Crippen molar-refractivity contribution in [1.82, 2.24) is 4.90 Å². The number of hydrogen-bond acceptors (Lipinski definition) is 6. The molecule has 0 aromatic heterocycles. The van der Waals surface area contributed by atoms with E-state index in [4.69, 9.17) is 21.8 Å². The fourth-order valence-electron chi connectivity index (χ4n) is 3.50. The number of rotatable bonds is 8. The third kappa shape index (κ3) is 5.87. The monoisotopic (exact) mass is 505 g/mol. The minimum atomic E-state index is -3.87. The Balaban J connectivity index is 1.85. The smallest absolute Gasteiger partial charge is 0.328 e. The Hall–Kier alpha value is -3.54. The van der Waals surface area contributed by atoms with Crippen LogP contribution in [-0.2, 0) is 35.6 Å². The van der Waals surface area contributed by atoms with E-state index in [2.05, 4.69) is 0 Å². The van der Waals surface area contributed by atoms with Gasteiger partial charge >= 0.3 is 5.97 Å². The normalized spacial score (nSPS) is 16.3. The molecule has 1 atom stereocenters. The van der Waals surface area contributed by atoms with Gasteiger partial charge in [-0.3, -0.25) is 14.4 Å². The lowest BCUT2D eigenvalue weighted by Gasteiger charge is -2.26. The van der Waals surface area contributed by atoms with Crippen molar-refractivity contribution in [3.05, 3.63) is 71.3 Å². The van der Waals surface area contributed by atoms with Gasteiger partial charge in [0.25, 0.3) is 5.91 Å². The molecule has 178 valence electrons. The van der Waals surface area contributed by atoms with Gasteiger partial charge in [0.1, 0.15) is 6.04 Å². The first-order chi connectivity index (χ1) is 16.0. The van der Waals surface area contributed by atoms with E-state index in [0.717, 1.165) is 15.9 Å². The fraction of sp³-hybridized carbons (Fsp3) is 0.182. The molecule has 3 N–H and O–H groups in total. The molecule has 10 nitrogen and oxygen atoms in total. The average molecular weight is 506 g/mol.